The van der Waals surface area contributed by atoms with Gasteiger partial charge in [-0.05, 0) is 36.4 Å². The summed E-state index contributed by atoms with van der Waals surface area (Å²) in [6.45, 7) is 4.78. The average molecular weight is 262 g/mol. The van der Waals surface area contributed by atoms with Crippen LogP contribution in [0.15, 0.2) is 28.2 Å². The molecule has 0 saturated heterocycles. The van der Waals surface area contributed by atoms with Gasteiger partial charge in [0.1, 0.15) is 5.76 Å². The van der Waals surface area contributed by atoms with Crippen molar-refractivity contribution in [3.63, 3.8) is 0 Å². The van der Waals surface area contributed by atoms with Gasteiger partial charge < -0.3 is 10.2 Å². The Balaban J connectivity index is 1.79. The molecule has 1 aliphatic rings. The van der Waals surface area contributed by atoms with E-state index < -0.39 is 0 Å². The summed E-state index contributed by atoms with van der Waals surface area (Å²) in [6, 6.07) is 4.69. The lowest BCUT2D eigenvalue weighted by Gasteiger charge is -2.33. The lowest BCUT2D eigenvalue weighted by Crippen LogP contribution is -2.32. The van der Waals surface area contributed by atoms with Crippen molar-refractivity contribution >= 4 is 11.3 Å². The molecule has 3 rings (SSSR count). The molecule has 0 bridgehead atoms. The minimum atomic E-state index is 0.468. The molecule has 3 heterocycles. The normalized spacial score (nSPS) is 20.0. The molecule has 3 nitrogen and oxygen atoms in total. The first-order valence-electron chi connectivity index (χ1n) is 6.35. The van der Waals surface area contributed by atoms with Crippen LogP contribution in [0.1, 0.15) is 34.7 Å². The fourth-order valence-corrected chi connectivity index (χ4v) is 3.61. The van der Waals surface area contributed by atoms with Crippen molar-refractivity contribution < 1.29 is 4.42 Å². The standard InChI is InChI=1S/C14H18N2OS/c1-10-12-4-7-18-14(12)2-5-16(10)9-13-11(8-15)3-6-17-13/h3-4,6-7,10H,2,5,8-9,15H2,1H3. The van der Waals surface area contributed by atoms with Crippen LogP contribution in [0.4, 0.5) is 0 Å². The number of thiophene rings is 1. The Morgan fingerprint density at radius 1 is 1.50 bits per heavy atom. The largest absolute Gasteiger partial charge is 0.468 e. The third kappa shape index (κ3) is 2.00. The summed E-state index contributed by atoms with van der Waals surface area (Å²) in [7, 11) is 0. The van der Waals surface area contributed by atoms with Crippen molar-refractivity contribution in [1.29, 1.82) is 0 Å². The van der Waals surface area contributed by atoms with E-state index in [1.165, 1.54) is 10.4 Å². The van der Waals surface area contributed by atoms with Gasteiger partial charge in [0.2, 0.25) is 0 Å². The predicted octanol–water partition coefficient (Wildman–Crippen LogP) is 2.92. The number of rotatable bonds is 3. The fourth-order valence-electron chi connectivity index (χ4n) is 2.65. The van der Waals surface area contributed by atoms with Gasteiger partial charge in [-0.15, -0.1) is 11.3 Å². The highest BCUT2D eigenvalue weighted by Crippen LogP contribution is 2.33. The Kier molecular flexibility index (Phi) is 3.24. The highest BCUT2D eigenvalue weighted by Gasteiger charge is 2.25. The SMILES string of the molecule is CC1c2ccsc2CCN1Cc1occc1CN. The molecule has 0 radical (unpaired) electrons. The maximum atomic E-state index is 5.72. The van der Waals surface area contributed by atoms with Gasteiger partial charge in [0.25, 0.3) is 0 Å². The Morgan fingerprint density at radius 2 is 2.39 bits per heavy atom. The van der Waals surface area contributed by atoms with Crippen molar-refractivity contribution in [1.82, 2.24) is 4.90 Å². The molecule has 0 spiro atoms. The number of nitrogens with zero attached hydrogens (tertiary/aromatic N) is 1. The molecule has 0 saturated carbocycles. The second-order valence-corrected chi connectivity index (χ2v) is 5.77. The summed E-state index contributed by atoms with van der Waals surface area (Å²) in [6.07, 6.45) is 2.89. The van der Waals surface area contributed by atoms with E-state index in [1.807, 2.05) is 17.4 Å². The molecule has 0 aliphatic carbocycles. The summed E-state index contributed by atoms with van der Waals surface area (Å²) in [5.41, 5.74) is 8.32. The van der Waals surface area contributed by atoms with Gasteiger partial charge >= 0.3 is 0 Å². The molecule has 0 fully saturated rings. The second kappa shape index (κ2) is 4.88. The van der Waals surface area contributed by atoms with E-state index in [9.17, 15) is 0 Å². The first-order valence-corrected chi connectivity index (χ1v) is 7.23. The second-order valence-electron chi connectivity index (χ2n) is 4.77. The zero-order valence-corrected chi connectivity index (χ0v) is 11.4. The highest BCUT2D eigenvalue weighted by atomic mass is 32.1. The molecule has 0 aromatic carbocycles. The Labute approximate surface area is 111 Å². The molecule has 4 heteroatoms. The maximum Gasteiger partial charge on any atom is 0.122 e. The minimum Gasteiger partial charge on any atom is -0.468 e. The van der Waals surface area contributed by atoms with Gasteiger partial charge in [0.15, 0.2) is 0 Å². The number of furan rings is 1. The van der Waals surface area contributed by atoms with Gasteiger partial charge in [0.05, 0.1) is 12.8 Å². The Morgan fingerprint density at radius 3 is 3.22 bits per heavy atom. The first kappa shape index (κ1) is 12.0. The third-order valence-electron chi connectivity index (χ3n) is 3.81. The smallest absolute Gasteiger partial charge is 0.122 e. The molecule has 96 valence electrons. The molecule has 0 amide bonds. The van der Waals surface area contributed by atoms with Crippen molar-refractivity contribution in [2.75, 3.05) is 6.54 Å². The fraction of sp³-hybridized carbons (Fsp3) is 0.429. The summed E-state index contributed by atoms with van der Waals surface area (Å²) in [5.74, 6) is 1.02. The zero-order chi connectivity index (χ0) is 12.5. The van der Waals surface area contributed by atoms with Crippen LogP contribution in [0.25, 0.3) is 0 Å². The number of nitrogens with two attached hydrogens (primary N) is 1. The van der Waals surface area contributed by atoms with Crippen LogP contribution < -0.4 is 5.73 Å². The molecule has 2 aromatic rings. The van der Waals surface area contributed by atoms with Crippen LogP contribution in [0.5, 0.6) is 0 Å². The number of fused-ring (bicyclic) bond motifs is 1. The van der Waals surface area contributed by atoms with Gasteiger partial charge in [0, 0.05) is 29.6 Å². The molecule has 1 aliphatic heterocycles. The lowest BCUT2D eigenvalue weighted by molar-refractivity contribution is 0.176. The van der Waals surface area contributed by atoms with E-state index in [4.69, 9.17) is 10.2 Å². The van der Waals surface area contributed by atoms with E-state index in [-0.39, 0.29) is 0 Å². The van der Waals surface area contributed by atoms with E-state index in [0.29, 0.717) is 12.6 Å². The highest BCUT2D eigenvalue weighted by molar-refractivity contribution is 7.10. The molecule has 2 aromatic heterocycles. The first-order chi connectivity index (χ1) is 8.79. The minimum absolute atomic E-state index is 0.468. The van der Waals surface area contributed by atoms with E-state index in [1.54, 1.807) is 6.26 Å². The van der Waals surface area contributed by atoms with E-state index >= 15 is 0 Å². The van der Waals surface area contributed by atoms with Crippen LogP contribution in [-0.2, 0) is 19.5 Å². The van der Waals surface area contributed by atoms with Crippen LogP contribution in [0, 0.1) is 0 Å². The van der Waals surface area contributed by atoms with Crippen LogP contribution >= 0.6 is 11.3 Å². The van der Waals surface area contributed by atoms with Crippen molar-refractivity contribution in [2.45, 2.75) is 32.5 Å². The molecule has 2 N–H and O–H groups in total. The zero-order valence-electron chi connectivity index (χ0n) is 10.6. The maximum absolute atomic E-state index is 5.72. The number of hydrogen-bond acceptors (Lipinski definition) is 4. The number of hydrogen-bond donors (Lipinski definition) is 1. The predicted molar refractivity (Wildman–Crippen MR) is 73.4 cm³/mol. The van der Waals surface area contributed by atoms with Gasteiger partial charge in [-0.2, -0.15) is 0 Å². The molecular formula is C14H18N2OS. The molecular weight excluding hydrogens is 244 g/mol. The average Bonchev–Trinajstić information content (AvgIpc) is 3.01. The van der Waals surface area contributed by atoms with Gasteiger partial charge in [-0.1, -0.05) is 0 Å². The van der Waals surface area contributed by atoms with Crippen LogP contribution in [-0.4, -0.2) is 11.4 Å². The summed E-state index contributed by atoms with van der Waals surface area (Å²) < 4.78 is 5.56. The lowest BCUT2D eigenvalue weighted by atomic mass is 10.0. The monoisotopic (exact) mass is 262 g/mol. The van der Waals surface area contributed by atoms with Crippen molar-refractivity contribution in [3.8, 4) is 0 Å². The summed E-state index contributed by atoms with van der Waals surface area (Å²) >= 11 is 1.88. The Hall–Kier alpha value is -1.10. The van der Waals surface area contributed by atoms with E-state index in [0.717, 1.165) is 30.8 Å². The van der Waals surface area contributed by atoms with Gasteiger partial charge in [-0.3, -0.25) is 4.90 Å². The summed E-state index contributed by atoms with van der Waals surface area (Å²) in [5, 5.41) is 2.20. The molecule has 1 atom stereocenters. The van der Waals surface area contributed by atoms with Crippen LogP contribution in [0.3, 0.4) is 0 Å². The quantitative estimate of drug-likeness (QED) is 0.924. The summed E-state index contributed by atoms with van der Waals surface area (Å²) in [4.78, 5) is 4.00. The van der Waals surface area contributed by atoms with E-state index in [2.05, 4.69) is 23.3 Å². The van der Waals surface area contributed by atoms with Gasteiger partial charge in [-0.25, -0.2) is 0 Å². The molecule has 1 unspecified atom stereocenters. The van der Waals surface area contributed by atoms with Crippen LogP contribution in [0.2, 0.25) is 0 Å². The van der Waals surface area contributed by atoms with Crippen molar-refractivity contribution in [2.24, 2.45) is 5.73 Å². The topological polar surface area (TPSA) is 42.4 Å². The Bertz CT molecular complexity index is 531. The molecule has 18 heavy (non-hydrogen) atoms. The third-order valence-corrected chi connectivity index (χ3v) is 4.80. The van der Waals surface area contributed by atoms with Crippen molar-refractivity contribution in [3.05, 3.63) is 45.5 Å².